The Morgan fingerprint density at radius 3 is 3.06 bits per heavy atom. The van der Waals surface area contributed by atoms with Crippen molar-refractivity contribution in [2.45, 2.75) is 44.6 Å². The van der Waals surface area contributed by atoms with Crippen LogP contribution in [0.25, 0.3) is 0 Å². The van der Waals surface area contributed by atoms with Crippen LogP contribution < -0.4 is 0 Å². The Bertz CT molecular complexity index is 348. The van der Waals surface area contributed by atoms with Crippen LogP contribution in [0, 0.1) is 6.92 Å². The maximum absolute atomic E-state index is 4.49. The van der Waals surface area contributed by atoms with Gasteiger partial charge in [0.05, 0.1) is 11.4 Å². The van der Waals surface area contributed by atoms with E-state index in [0.717, 1.165) is 25.3 Å². The molecule has 0 amide bonds. The van der Waals surface area contributed by atoms with Crippen LogP contribution in [0.2, 0.25) is 0 Å². The third kappa shape index (κ3) is 2.86. The van der Waals surface area contributed by atoms with E-state index in [0.29, 0.717) is 4.83 Å². The molecule has 1 aromatic rings. The number of rotatable bonds is 3. The summed E-state index contributed by atoms with van der Waals surface area (Å²) < 4.78 is 2.12. The van der Waals surface area contributed by atoms with Crippen LogP contribution in [0.15, 0.2) is 6.07 Å². The molecule has 0 N–H and O–H groups in total. The second-order valence-corrected chi connectivity index (χ2v) is 5.86. The van der Waals surface area contributed by atoms with Gasteiger partial charge in [-0.05, 0) is 39.3 Å². The minimum atomic E-state index is 0.667. The van der Waals surface area contributed by atoms with E-state index in [2.05, 4.69) is 50.5 Å². The van der Waals surface area contributed by atoms with Gasteiger partial charge < -0.3 is 0 Å². The summed E-state index contributed by atoms with van der Waals surface area (Å²) >= 11 is 3.72. The zero-order valence-electron chi connectivity index (χ0n) is 10.1. The van der Waals surface area contributed by atoms with E-state index in [1.165, 1.54) is 25.1 Å². The predicted octanol–water partition coefficient (Wildman–Crippen LogP) is 2.57. The summed E-state index contributed by atoms with van der Waals surface area (Å²) in [5, 5.41) is 4.49. The molecular formula is C12H20BrN3. The highest BCUT2D eigenvalue weighted by atomic mass is 79.9. The van der Waals surface area contributed by atoms with Gasteiger partial charge in [-0.3, -0.25) is 9.58 Å². The number of aromatic nitrogens is 2. The first kappa shape index (κ1) is 12.1. The molecule has 4 heteroatoms. The second kappa shape index (κ2) is 5.32. The standard InChI is InChI=1S/C12H20BrN3/c1-3-16-12(7-10(2)14-16)9-15-6-4-5-11(13)8-15/h7,11H,3-6,8-9H2,1-2H3. The molecule has 0 radical (unpaired) electrons. The van der Waals surface area contributed by atoms with Crippen LogP contribution in [-0.4, -0.2) is 32.6 Å². The monoisotopic (exact) mass is 285 g/mol. The quantitative estimate of drug-likeness (QED) is 0.796. The third-order valence-electron chi connectivity index (χ3n) is 3.12. The lowest BCUT2D eigenvalue weighted by Crippen LogP contribution is -2.35. The molecule has 0 spiro atoms. The zero-order valence-corrected chi connectivity index (χ0v) is 11.7. The maximum atomic E-state index is 4.49. The summed E-state index contributed by atoms with van der Waals surface area (Å²) in [5.41, 5.74) is 2.48. The third-order valence-corrected chi connectivity index (χ3v) is 3.87. The molecule has 1 aliphatic heterocycles. The van der Waals surface area contributed by atoms with Crippen molar-refractivity contribution < 1.29 is 0 Å². The smallest absolute Gasteiger partial charge is 0.0597 e. The summed E-state index contributed by atoms with van der Waals surface area (Å²) in [6, 6.07) is 2.21. The van der Waals surface area contributed by atoms with E-state index >= 15 is 0 Å². The van der Waals surface area contributed by atoms with Gasteiger partial charge in [-0.2, -0.15) is 5.10 Å². The molecule has 1 aromatic heterocycles. The summed E-state index contributed by atoms with van der Waals surface area (Å²) in [6.07, 6.45) is 2.61. The first-order valence-electron chi connectivity index (χ1n) is 6.08. The number of hydrogen-bond acceptors (Lipinski definition) is 2. The van der Waals surface area contributed by atoms with Gasteiger partial charge in [-0.25, -0.2) is 0 Å². The van der Waals surface area contributed by atoms with E-state index in [1.54, 1.807) is 0 Å². The molecule has 90 valence electrons. The number of halogens is 1. The van der Waals surface area contributed by atoms with Crippen molar-refractivity contribution in [3.63, 3.8) is 0 Å². The fourth-order valence-electron chi connectivity index (χ4n) is 2.37. The summed E-state index contributed by atoms with van der Waals surface area (Å²) in [7, 11) is 0. The molecule has 0 aliphatic carbocycles. The fraction of sp³-hybridized carbons (Fsp3) is 0.750. The normalized spacial score (nSPS) is 22.6. The molecule has 1 saturated heterocycles. The van der Waals surface area contributed by atoms with Crippen LogP contribution in [-0.2, 0) is 13.1 Å². The first-order chi connectivity index (χ1) is 7.69. The van der Waals surface area contributed by atoms with Crippen molar-refractivity contribution >= 4 is 15.9 Å². The van der Waals surface area contributed by atoms with E-state index in [-0.39, 0.29) is 0 Å². The van der Waals surface area contributed by atoms with Gasteiger partial charge >= 0.3 is 0 Å². The minimum Gasteiger partial charge on any atom is -0.296 e. The molecule has 2 rings (SSSR count). The van der Waals surface area contributed by atoms with Gasteiger partial charge in [0.25, 0.3) is 0 Å². The Morgan fingerprint density at radius 1 is 1.56 bits per heavy atom. The van der Waals surface area contributed by atoms with Crippen LogP contribution in [0.1, 0.15) is 31.2 Å². The maximum Gasteiger partial charge on any atom is 0.0597 e. The topological polar surface area (TPSA) is 21.1 Å². The molecule has 3 nitrogen and oxygen atoms in total. The Labute approximate surface area is 106 Å². The first-order valence-corrected chi connectivity index (χ1v) is 7.00. The summed E-state index contributed by atoms with van der Waals surface area (Å²) in [6.45, 7) is 8.61. The SMILES string of the molecule is CCn1nc(C)cc1CN1CCCC(Br)C1. The van der Waals surface area contributed by atoms with E-state index in [9.17, 15) is 0 Å². The molecule has 16 heavy (non-hydrogen) atoms. The molecule has 0 aromatic carbocycles. The molecule has 1 unspecified atom stereocenters. The van der Waals surface area contributed by atoms with Crippen LogP contribution in [0.5, 0.6) is 0 Å². The Balaban J connectivity index is 2.02. The van der Waals surface area contributed by atoms with Crippen molar-refractivity contribution in [3.8, 4) is 0 Å². The highest BCUT2D eigenvalue weighted by Crippen LogP contribution is 2.19. The Hall–Kier alpha value is -0.350. The largest absolute Gasteiger partial charge is 0.296 e. The number of likely N-dealkylation sites (tertiary alicyclic amines) is 1. The van der Waals surface area contributed by atoms with Crippen molar-refractivity contribution in [1.82, 2.24) is 14.7 Å². The molecule has 1 aliphatic rings. The predicted molar refractivity (Wildman–Crippen MR) is 69.9 cm³/mol. The van der Waals surface area contributed by atoms with Gasteiger partial charge in [-0.15, -0.1) is 0 Å². The van der Waals surface area contributed by atoms with Gasteiger partial charge in [0.1, 0.15) is 0 Å². The molecule has 2 heterocycles. The number of nitrogens with zero attached hydrogens (tertiary/aromatic N) is 3. The van der Waals surface area contributed by atoms with Crippen molar-refractivity contribution in [1.29, 1.82) is 0 Å². The lowest BCUT2D eigenvalue weighted by atomic mass is 10.1. The van der Waals surface area contributed by atoms with Crippen LogP contribution >= 0.6 is 15.9 Å². The van der Waals surface area contributed by atoms with E-state index in [4.69, 9.17) is 0 Å². The number of aryl methyl sites for hydroxylation is 2. The van der Waals surface area contributed by atoms with Crippen molar-refractivity contribution in [3.05, 3.63) is 17.5 Å². The average molecular weight is 286 g/mol. The van der Waals surface area contributed by atoms with Crippen LogP contribution in [0.4, 0.5) is 0 Å². The summed E-state index contributed by atoms with van der Waals surface area (Å²) in [5.74, 6) is 0. The minimum absolute atomic E-state index is 0.667. The Kier molecular flexibility index (Phi) is 4.03. The lowest BCUT2D eigenvalue weighted by molar-refractivity contribution is 0.221. The fourth-order valence-corrected chi connectivity index (χ4v) is 3.11. The average Bonchev–Trinajstić information content (AvgIpc) is 2.59. The lowest BCUT2D eigenvalue weighted by Gasteiger charge is -2.29. The highest BCUT2D eigenvalue weighted by Gasteiger charge is 2.18. The van der Waals surface area contributed by atoms with Gasteiger partial charge in [0, 0.05) is 24.5 Å². The number of hydrogen-bond donors (Lipinski definition) is 0. The van der Waals surface area contributed by atoms with Crippen LogP contribution in [0.3, 0.4) is 0 Å². The summed E-state index contributed by atoms with van der Waals surface area (Å²) in [4.78, 5) is 3.19. The van der Waals surface area contributed by atoms with Gasteiger partial charge in [0.15, 0.2) is 0 Å². The zero-order chi connectivity index (χ0) is 11.5. The highest BCUT2D eigenvalue weighted by molar-refractivity contribution is 9.09. The van der Waals surface area contributed by atoms with E-state index < -0.39 is 0 Å². The molecule has 1 atom stereocenters. The van der Waals surface area contributed by atoms with Gasteiger partial charge in [0.2, 0.25) is 0 Å². The Morgan fingerprint density at radius 2 is 2.38 bits per heavy atom. The number of alkyl halides is 1. The van der Waals surface area contributed by atoms with Crippen molar-refractivity contribution in [2.24, 2.45) is 0 Å². The molecular weight excluding hydrogens is 266 g/mol. The molecule has 0 bridgehead atoms. The number of piperidine rings is 1. The second-order valence-electron chi connectivity index (χ2n) is 4.57. The van der Waals surface area contributed by atoms with Crippen molar-refractivity contribution in [2.75, 3.05) is 13.1 Å². The van der Waals surface area contributed by atoms with Gasteiger partial charge in [-0.1, -0.05) is 15.9 Å². The van der Waals surface area contributed by atoms with E-state index in [1.807, 2.05) is 0 Å². The molecule has 1 fully saturated rings. The molecule has 0 saturated carbocycles.